The average molecular weight is 334 g/mol. The maximum Gasteiger partial charge on any atom is 0.375 e. The molecular weight excluding hydrogens is 316 g/mol. The third-order valence-corrected chi connectivity index (χ3v) is 2.50. The van der Waals surface area contributed by atoms with E-state index in [1.807, 2.05) is 0 Å². The first-order valence-electron chi connectivity index (χ1n) is 6.45. The molecule has 0 atom stereocenters. The molecule has 0 aromatic carbocycles. The van der Waals surface area contributed by atoms with Gasteiger partial charge in [-0.15, -0.1) is 0 Å². The Morgan fingerprint density at radius 3 is 2.00 bits per heavy atom. The van der Waals surface area contributed by atoms with Crippen molar-refractivity contribution in [1.29, 1.82) is 0 Å². The second-order valence-electron chi connectivity index (χ2n) is 5.00. The number of rotatable bonds is 6. The van der Waals surface area contributed by atoms with Gasteiger partial charge >= 0.3 is 28.0 Å². The Bertz CT molecular complexity index is 614. The Morgan fingerprint density at radius 1 is 1.05 bits per heavy atom. The fourth-order valence-electron chi connectivity index (χ4n) is 1.41. The monoisotopic (exact) mass is 334 g/mol. The van der Waals surface area contributed by atoms with Gasteiger partial charge in [-0.05, 0) is 27.7 Å². The zero-order valence-corrected chi connectivity index (χ0v) is 13.7. The third-order valence-electron chi connectivity index (χ3n) is 2.03. The molecule has 1 aromatic rings. The first-order chi connectivity index (χ1) is 9.99. The molecule has 0 radical (unpaired) electrons. The van der Waals surface area contributed by atoms with Crippen molar-refractivity contribution in [2.24, 2.45) is 0 Å². The lowest BCUT2D eigenvalue weighted by molar-refractivity contribution is 0.0299. The van der Waals surface area contributed by atoms with Crippen LogP contribution in [-0.4, -0.2) is 38.8 Å². The number of carbonyl (C=O) groups excluding carboxylic acids is 2. The lowest BCUT2D eigenvalue weighted by atomic mass is 10.2. The van der Waals surface area contributed by atoms with Crippen molar-refractivity contribution < 1.29 is 36.1 Å². The summed E-state index contributed by atoms with van der Waals surface area (Å²) >= 11 is 0. The van der Waals surface area contributed by atoms with Crippen LogP contribution < -0.4 is 4.18 Å². The zero-order valence-electron chi connectivity index (χ0n) is 12.9. The minimum atomic E-state index is -3.88. The van der Waals surface area contributed by atoms with E-state index >= 15 is 0 Å². The molecule has 0 saturated carbocycles. The number of hydrogen-bond acceptors (Lipinski definition) is 8. The van der Waals surface area contributed by atoms with Gasteiger partial charge in [0.25, 0.3) is 0 Å². The summed E-state index contributed by atoms with van der Waals surface area (Å²) in [5.74, 6) is -2.77. The Labute approximate surface area is 128 Å². The minimum absolute atomic E-state index is 0.266. The maximum absolute atomic E-state index is 12.0. The second-order valence-corrected chi connectivity index (χ2v) is 6.58. The van der Waals surface area contributed by atoms with E-state index in [1.54, 1.807) is 27.7 Å². The van der Waals surface area contributed by atoms with E-state index in [0.29, 0.717) is 0 Å². The summed E-state index contributed by atoms with van der Waals surface area (Å²) in [6, 6.07) is 0.975. The average Bonchev–Trinajstić information content (AvgIpc) is 2.68. The van der Waals surface area contributed by atoms with Crippen molar-refractivity contribution in [3.8, 4) is 5.95 Å². The molecule has 1 aromatic heterocycles. The highest BCUT2D eigenvalue weighted by Crippen LogP contribution is 2.25. The summed E-state index contributed by atoms with van der Waals surface area (Å²) in [6.07, 6.45) is -0.0882. The first kappa shape index (κ1) is 18.0. The molecule has 8 nitrogen and oxygen atoms in total. The van der Waals surface area contributed by atoms with Gasteiger partial charge in [-0.1, -0.05) is 0 Å². The van der Waals surface area contributed by atoms with Gasteiger partial charge in [-0.25, -0.2) is 9.59 Å². The molecule has 0 aliphatic heterocycles. The Kier molecular flexibility index (Phi) is 5.59. The molecule has 0 aliphatic carbocycles. The van der Waals surface area contributed by atoms with Crippen molar-refractivity contribution in [2.45, 2.75) is 39.9 Å². The molecule has 22 heavy (non-hydrogen) atoms. The van der Waals surface area contributed by atoms with Crippen LogP contribution in [0.1, 0.15) is 48.6 Å². The molecule has 0 N–H and O–H groups in total. The first-order valence-corrected chi connectivity index (χ1v) is 8.26. The number of furan rings is 1. The molecule has 124 valence electrons. The van der Waals surface area contributed by atoms with Crippen molar-refractivity contribution in [3.05, 3.63) is 17.4 Å². The summed E-state index contributed by atoms with van der Waals surface area (Å²) in [7, 11) is -3.88. The standard InChI is InChI=1S/C13H18O8S/c1-7(2)18-12(14)9-6-10(21-22(5,16)17)20-11(9)13(15)19-8(3)4/h6-8H,1-5H3. The van der Waals surface area contributed by atoms with E-state index in [2.05, 4.69) is 4.18 Å². The van der Waals surface area contributed by atoms with Crippen LogP contribution >= 0.6 is 0 Å². The largest absolute Gasteiger partial charge is 0.459 e. The topological polar surface area (TPSA) is 109 Å². The lowest BCUT2D eigenvalue weighted by Crippen LogP contribution is -2.17. The van der Waals surface area contributed by atoms with E-state index in [9.17, 15) is 18.0 Å². The van der Waals surface area contributed by atoms with Crippen LogP contribution in [-0.2, 0) is 19.6 Å². The third kappa shape index (κ3) is 5.40. The van der Waals surface area contributed by atoms with Gasteiger partial charge < -0.3 is 18.1 Å². The molecule has 0 bridgehead atoms. The minimum Gasteiger partial charge on any atom is -0.459 e. The van der Waals surface area contributed by atoms with Crippen LogP contribution in [0.5, 0.6) is 5.95 Å². The van der Waals surface area contributed by atoms with Gasteiger partial charge in [0.15, 0.2) is 0 Å². The van der Waals surface area contributed by atoms with Gasteiger partial charge in [0, 0.05) is 6.07 Å². The highest BCUT2D eigenvalue weighted by molar-refractivity contribution is 7.86. The summed E-state index contributed by atoms with van der Waals surface area (Å²) < 4.78 is 41.6. The van der Waals surface area contributed by atoms with Crippen LogP contribution in [0.4, 0.5) is 0 Å². The molecular formula is C13H18O8S. The maximum atomic E-state index is 12.0. The van der Waals surface area contributed by atoms with Crippen molar-refractivity contribution in [1.82, 2.24) is 0 Å². The van der Waals surface area contributed by atoms with Crippen LogP contribution in [0.15, 0.2) is 10.5 Å². The van der Waals surface area contributed by atoms with Gasteiger partial charge in [0.1, 0.15) is 5.56 Å². The molecule has 0 spiro atoms. The summed E-state index contributed by atoms with van der Waals surface area (Å²) in [6.45, 7) is 6.47. The van der Waals surface area contributed by atoms with Gasteiger partial charge in [0.2, 0.25) is 5.76 Å². The highest BCUT2D eigenvalue weighted by atomic mass is 32.2. The zero-order chi connectivity index (χ0) is 17.1. The number of ether oxygens (including phenoxy) is 2. The summed E-state index contributed by atoms with van der Waals surface area (Å²) in [5, 5.41) is 0. The van der Waals surface area contributed by atoms with E-state index in [0.717, 1.165) is 12.3 Å². The summed E-state index contributed by atoms with van der Waals surface area (Å²) in [4.78, 5) is 23.9. The molecule has 0 fully saturated rings. The smallest absolute Gasteiger partial charge is 0.375 e. The Hall–Kier alpha value is -2.03. The molecule has 1 rings (SSSR count). The Morgan fingerprint density at radius 2 is 1.55 bits per heavy atom. The van der Waals surface area contributed by atoms with E-state index in [4.69, 9.17) is 13.9 Å². The highest BCUT2D eigenvalue weighted by Gasteiger charge is 2.28. The van der Waals surface area contributed by atoms with Crippen LogP contribution in [0.3, 0.4) is 0 Å². The molecule has 1 heterocycles. The Balaban J connectivity index is 3.20. The molecule has 0 unspecified atom stereocenters. The molecule has 0 saturated heterocycles. The molecule has 9 heteroatoms. The SMILES string of the molecule is CC(C)OC(=O)c1cc(OS(C)(=O)=O)oc1C(=O)OC(C)C. The number of esters is 2. The van der Waals surface area contributed by atoms with Crippen LogP contribution in [0.25, 0.3) is 0 Å². The van der Waals surface area contributed by atoms with E-state index < -0.39 is 46.0 Å². The van der Waals surface area contributed by atoms with Crippen molar-refractivity contribution in [2.75, 3.05) is 6.26 Å². The number of carbonyl (C=O) groups is 2. The van der Waals surface area contributed by atoms with E-state index in [-0.39, 0.29) is 5.56 Å². The predicted molar refractivity (Wildman–Crippen MR) is 75.3 cm³/mol. The fourth-order valence-corrected chi connectivity index (χ4v) is 1.79. The predicted octanol–water partition coefficient (Wildman–Crippen LogP) is 1.75. The van der Waals surface area contributed by atoms with E-state index in [1.165, 1.54) is 0 Å². The lowest BCUT2D eigenvalue weighted by Gasteiger charge is -2.08. The van der Waals surface area contributed by atoms with Crippen LogP contribution in [0, 0.1) is 0 Å². The van der Waals surface area contributed by atoms with Gasteiger partial charge in [-0.2, -0.15) is 8.42 Å². The quantitative estimate of drug-likeness (QED) is 0.571. The van der Waals surface area contributed by atoms with Crippen LogP contribution in [0.2, 0.25) is 0 Å². The fraction of sp³-hybridized carbons (Fsp3) is 0.538. The van der Waals surface area contributed by atoms with Crippen molar-refractivity contribution in [3.63, 3.8) is 0 Å². The van der Waals surface area contributed by atoms with Gasteiger partial charge in [-0.3, -0.25) is 0 Å². The molecule has 0 amide bonds. The normalized spacial score (nSPS) is 11.6. The summed E-state index contributed by atoms with van der Waals surface area (Å²) in [5.41, 5.74) is -0.266. The van der Waals surface area contributed by atoms with Gasteiger partial charge in [0.05, 0.1) is 18.5 Å². The van der Waals surface area contributed by atoms with Crippen molar-refractivity contribution >= 4 is 22.1 Å². The number of hydrogen-bond donors (Lipinski definition) is 0. The molecule has 0 aliphatic rings. The second kappa shape index (κ2) is 6.82.